The molecule has 0 aliphatic heterocycles. The number of pyridine rings is 1. The number of nitrogens with one attached hydrogen (secondary N) is 2. The van der Waals surface area contributed by atoms with Crippen molar-refractivity contribution in [2.45, 2.75) is 33.4 Å². The summed E-state index contributed by atoms with van der Waals surface area (Å²) < 4.78 is 1.78. The number of carbonyl (C=O) groups is 1. The highest BCUT2D eigenvalue weighted by Crippen LogP contribution is 2.13. The van der Waals surface area contributed by atoms with E-state index >= 15 is 0 Å². The predicted octanol–water partition coefficient (Wildman–Crippen LogP) is 2.33. The number of rotatable bonds is 7. The van der Waals surface area contributed by atoms with E-state index in [1.165, 1.54) is 0 Å². The van der Waals surface area contributed by atoms with Crippen LogP contribution in [-0.4, -0.2) is 39.9 Å². The zero-order valence-electron chi connectivity index (χ0n) is 13.9. The van der Waals surface area contributed by atoms with Gasteiger partial charge in [-0.15, -0.1) is 0 Å². The number of hydrogen-bond donors (Lipinski definition) is 2. The Morgan fingerprint density at radius 3 is 2.70 bits per heavy atom. The molecule has 0 spiro atoms. The van der Waals surface area contributed by atoms with Crippen LogP contribution in [-0.2, 0) is 6.54 Å². The molecular weight excluding hydrogens is 292 g/mol. The lowest BCUT2D eigenvalue weighted by molar-refractivity contribution is 0.247. The Kier molecular flexibility index (Phi) is 5.96. The van der Waals surface area contributed by atoms with Crippen LogP contribution in [0.25, 0.3) is 0 Å². The Balaban J connectivity index is 1.85. The second kappa shape index (κ2) is 8.17. The molecule has 2 amide bonds. The number of nitrogens with zero attached hydrogens (tertiary/aromatic N) is 4. The smallest absolute Gasteiger partial charge is 0.319 e. The fourth-order valence-corrected chi connectivity index (χ4v) is 2.32. The molecule has 0 saturated heterocycles. The second-order valence-corrected chi connectivity index (χ2v) is 5.30. The number of carbonyl (C=O) groups excluding carboxylic acids is 1. The van der Waals surface area contributed by atoms with Gasteiger partial charge in [-0.2, -0.15) is 5.10 Å². The standard InChI is InChI=1S/C16H24N6O/c1-4-21(5-2)15-8-7-14(11-17-15)20-16(23)19-13(3)12-22-10-6-9-18-22/h6-11,13H,4-5,12H2,1-3H3,(H2,19,20,23). The molecule has 2 rings (SSSR count). The van der Waals surface area contributed by atoms with Gasteiger partial charge in [-0.3, -0.25) is 4.68 Å². The van der Waals surface area contributed by atoms with Crippen LogP contribution in [0.3, 0.4) is 0 Å². The molecule has 0 aliphatic carbocycles. The van der Waals surface area contributed by atoms with Crippen molar-refractivity contribution >= 4 is 17.5 Å². The van der Waals surface area contributed by atoms with Crippen LogP contribution in [0.5, 0.6) is 0 Å². The quantitative estimate of drug-likeness (QED) is 0.822. The maximum absolute atomic E-state index is 12.0. The van der Waals surface area contributed by atoms with Gasteiger partial charge < -0.3 is 15.5 Å². The topological polar surface area (TPSA) is 75.1 Å². The van der Waals surface area contributed by atoms with Crippen LogP contribution in [0.1, 0.15) is 20.8 Å². The van der Waals surface area contributed by atoms with Gasteiger partial charge in [0, 0.05) is 31.5 Å². The Morgan fingerprint density at radius 1 is 1.35 bits per heavy atom. The predicted molar refractivity (Wildman–Crippen MR) is 91.6 cm³/mol. The van der Waals surface area contributed by atoms with Gasteiger partial charge in [-0.25, -0.2) is 9.78 Å². The van der Waals surface area contributed by atoms with E-state index in [4.69, 9.17) is 0 Å². The molecule has 2 N–H and O–H groups in total. The van der Waals surface area contributed by atoms with Crippen LogP contribution < -0.4 is 15.5 Å². The first kappa shape index (κ1) is 16.8. The van der Waals surface area contributed by atoms with E-state index in [1.54, 1.807) is 17.1 Å². The van der Waals surface area contributed by atoms with Gasteiger partial charge >= 0.3 is 6.03 Å². The SMILES string of the molecule is CCN(CC)c1ccc(NC(=O)NC(C)Cn2cccn2)cn1. The summed E-state index contributed by atoms with van der Waals surface area (Å²) in [6.07, 6.45) is 5.26. The van der Waals surface area contributed by atoms with E-state index in [1.807, 2.05) is 31.3 Å². The van der Waals surface area contributed by atoms with Gasteiger partial charge in [0.25, 0.3) is 0 Å². The van der Waals surface area contributed by atoms with Crippen molar-refractivity contribution in [3.05, 3.63) is 36.8 Å². The van der Waals surface area contributed by atoms with Gasteiger partial charge in [-0.1, -0.05) is 0 Å². The monoisotopic (exact) mass is 316 g/mol. The average molecular weight is 316 g/mol. The summed E-state index contributed by atoms with van der Waals surface area (Å²) >= 11 is 0. The van der Waals surface area contributed by atoms with E-state index in [9.17, 15) is 4.79 Å². The molecule has 0 aliphatic rings. The van der Waals surface area contributed by atoms with Crippen molar-refractivity contribution in [1.82, 2.24) is 20.1 Å². The van der Waals surface area contributed by atoms with Crippen molar-refractivity contribution in [1.29, 1.82) is 0 Å². The van der Waals surface area contributed by atoms with Crippen molar-refractivity contribution < 1.29 is 4.79 Å². The van der Waals surface area contributed by atoms with E-state index < -0.39 is 0 Å². The van der Waals surface area contributed by atoms with Crippen molar-refractivity contribution in [2.75, 3.05) is 23.3 Å². The highest BCUT2D eigenvalue weighted by Gasteiger charge is 2.09. The first-order valence-electron chi connectivity index (χ1n) is 7.88. The molecule has 23 heavy (non-hydrogen) atoms. The second-order valence-electron chi connectivity index (χ2n) is 5.30. The molecule has 7 heteroatoms. The molecule has 0 saturated carbocycles. The van der Waals surface area contributed by atoms with E-state index in [0.29, 0.717) is 12.2 Å². The first-order valence-corrected chi connectivity index (χ1v) is 7.88. The minimum absolute atomic E-state index is 0.0298. The summed E-state index contributed by atoms with van der Waals surface area (Å²) in [6, 6.07) is 5.35. The van der Waals surface area contributed by atoms with E-state index in [2.05, 4.69) is 39.5 Å². The molecule has 0 radical (unpaired) electrons. The van der Waals surface area contributed by atoms with Gasteiger partial charge in [0.2, 0.25) is 0 Å². The van der Waals surface area contributed by atoms with Gasteiger partial charge in [0.1, 0.15) is 5.82 Å². The molecular formula is C16H24N6O. The highest BCUT2D eigenvalue weighted by atomic mass is 16.2. The van der Waals surface area contributed by atoms with Crippen LogP contribution >= 0.6 is 0 Å². The zero-order chi connectivity index (χ0) is 16.7. The van der Waals surface area contributed by atoms with Crippen LogP contribution in [0.2, 0.25) is 0 Å². The fraction of sp³-hybridized carbons (Fsp3) is 0.438. The van der Waals surface area contributed by atoms with Gasteiger partial charge in [0.15, 0.2) is 0 Å². The minimum atomic E-state index is -0.248. The van der Waals surface area contributed by atoms with Crippen molar-refractivity contribution in [2.24, 2.45) is 0 Å². The maximum atomic E-state index is 12.0. The minimum Gasteiger partial charge on any atom is -0.357 e. The van der Waals surface area contributed by atoms with Crippen LogP contribution in [0.15, 0.2) is 36.8 Å². The lowest BCUT2D eigenvalue weighted by Gasteiger charge is -2.20. The Bertz CT molecular complexity index is 592. The lowest BCUT2D eigenvalue weighted by atomic mass is 10.3. The molecule has 124 valence electrons. The maximum Gasteiger partial charge on any atom is 0.319 e. The van der Waals surface area contributed by atoms with Crippen LogP contribution in [0, 0.1) is 0 Å². The normalized spacial score (nSPS) is 11.8. The summed E-state index contributed by atoms with van der Waals surface area (Å²) in [5.74, 6) is 0.910. The Morgan fingerprint density at radius 2 is 2.13 bits per heavy atom. The summed E-state index contributed by atoms with van der Waals surface area (Å²) in [6.45, 7) is 8.55. The number of anilines is 2. The number of hydrogen-bond acceptors (Lipinski definition) is 4. The van der Waals surface area contributed by atoms with Crippen LogP contribution in [0.4, 0.5) is 16.3 Å². The zero-order valence-corrected chi connectivity index (χ0v) is 13.9. The molecule has 2 aromatic heterocycles. The molecule has 0 aromatic carbocycles. The first-order chi connectivity index (χ1) is 11.1. The molecule has 1 unspecified atom stereocenters. The molecule has 0 fully saturated rings. The van der Waals surface area contributed by atoms with Crippen molar-refractivity contribution in [3.8, 4) is 0 Å². The lowest BCUT2D eigenvalue weighted by Crippen LogP contribution is -2.38. The molecule has 1 atom stereocenters. The highest BCUT2D eigenvalue weighted by molar-refractivity contribution is 5.89. The molecule has 7 nitrogen and oxygen atoms in total. The number of aromatic nitrogens is 3. The molecule has 0 bridgehead atoms. The number of urea groups is 1. The summed E-state index contributed by atoms with van der Waals surface area (Å²) in [7, 11) is 0. The van der Waals surface area contributed by atoms with E-state index in [-0.39, 0.29) is 12.1 Å². The van der Waals surface area contributed by atoms with E-state index in [0.717, 1.165) is 18.9 Å². The summed E-state index contributed by atoms with van der Waals surface area (Å²) in [5.41, 5.74) is 0.671. The van der Waals surface area contributed by atoms with Gasteiger partial charge in [-0.05, 0) is 39.0 Å². The number of amides is 2. The molecule has 2 aromatic rings. The third-order valence-electron chi connectivity index (χ3n) is 3.49. The Hall–Kier alpha value is -2.57. The van der Waals surface area contributed by atoms with Gasteiger partial charge in [0.05, 0.1) is 18.4 Å². The van der Waals surface area contributed by atoms with Crippen molar-refractivity contribution in [3.63, 3.8) is 0 Å². The average Bonchev–Trinajstić information content (AvgIpc) is 3.02. The Labute approximate surface area is 136 Å². The third kappa shape index (κ3) is 4.98. The largest absolute Gasteiger partial charge is 0.357 e. The fourth-order valence-electron chi connectivity index (χ4n) is 2.32. The summed E-state index contributed by atoms with van der Waals surface area (Å²) in [5, 5.41) is 9.79. The third-order valence-corrected chi connectivity index (χ3v) is 3.49. The molecule has 2 heterocycles. The summed E-state index contributed by atoms with van der Waals surface area (Å²) in [4.78, 5) is 18.5.